The molecule has 0 aliphatic carbocycles. The van der Waals surface area contributed by atoms with Crippen LogP contribution in [0.1, 0.15) is 22.6 Å². The number of hydrogen-bond acceptors (Lipinski definition) is 4. The SMILES string of the molecule is N#CCC(=O)c1nc2ccccc2nc1C(F)(F)F. The lowest BCUT2D eigenvalue weighted by Gasteiger charge is -2.10. The van der Waals surface area contributed by atoms with E-state index in [4.69, 9.17) is 5.26 Å². The first-order valence-electron chi connectivity index (χ1n) is 5.17. The van der Waals surface area contributed by atoms with Gasteiger partial charge in [-0.3, -0.25) is 4.79 Å². The predicted octanol–water partition coefficient (Wildman–Crippen LogP) is 2.74. The fraction of sp³-hybridized carbons (Fsp3) is 0.167. The van der Waals surface area contributed by atoms with Crippen molar-refractivity contribution in [3.8, 4) is 6.07 Å². The van der Waals surface area contributed by atoms with E-state index in [1.54, 1.807) is 6.07 Å². The van der Waals surface area contributed by atoms with Crippen LogP contribution in [0.2, 0.25) is 0 Å². The molecule has 0 unspecified atom stereocenters. The number of nitriles is 1. The van der Waals surface area contributed by atoms with Crippen LogP contribution < -0.4 is 0 Å². The van der Waals surface area contributed by atoms with Gasteiger partial charge in [0, 0.05) is 0 Å². The minimum absolute atomic E-state index is 0.0448. The summed E-state index contributed by atoms with van der Waals surface area (Å²) in [4.78, 5) is 18.6. The molecule has 0 aliphatic rings. The van der Waals surface area contributed by atoms with Crippen molar-refractivity contribution in [1.82, 2.24) is 9.97 Å². The molecule has 7 heteroatoms. The average Bonchev–Trinajstić information content (AvgIpc) is 2.36. The van der Waals surface area contributed by atoms with Gasteiger partial charge in [-0.2, -0.15) is 18.4 Å². The van der Waals surface area contributed by atoms with Crippen molar-refractivity contribution < 1.29 is 18.0 Å². The summed E-state index contributed by atoms with van der Waals surface area (Å²) >= 11 is 0. The molecule has 1 aromatic heterocycles. The number of halogens is 3. The fourth-order valence-electron chi connectivity index (χ4n) is 1.55. The Hall–Kier alpha value is -2.49. The van der Waals surface area contributed by atoms with Crippen LogP contribution in [0.15, 0.2) is 24.3 Å². The zero-order chi connectivity index (χ0) is 14.0. The predicted molar refractivity (Wildman–Crippen MR) is 59.1 cm³/mol. The molecule has 1 aromatic carbocycles. The highest BCUT2D eigenvalue weighted by Gasteiger charge is 2.38. The highest BCUT2D eigenvalue weighted by molar-refractivity contribution is 5.98. The fourth-order valence-corrected chi connectivity index (χ4v) is 1.55. The van der Waals surface area contributed by atoms with E-state index in [2.05, 4.69) is 9.97 Å². The standard InChI is InChI=1S/C12H6F3N3O/c13-12(14,15)11-10(9(19)5-6-16)17-7-3-1-2-4-8(7)18-11/h1-4H,5H2. The first-order chi connectivity index (χ1) is 8.93. The Morgan fingerprint density at radius 3 is 2.32 bits per heavy atom. The Morgan fingerprint density at radius 1 is 1.21 bits per heavy atom. The summed E-state index contributed by atoms with van der Waals surface area (Å²) in [6.07, 6.45) is -5.46. The minimum atomic E-state index is -4.79. The molecular weight excluding hydrogens is 259 g/mol. The third kappa shape index (κ3) is 2.52. The second kappa shape index (κ2) is 4.65. The molecule has 19 heavy (non-hydrogen) atoms. The number of para-hydroxylation sites is 2. The van der Waals surface area contributed by atoms with Crippen LogP contribution in [-0.4, -0.2) is 15.8 Å². The van der Waals surface area contributed by atoms with E-state index >= 15 is 0 Å². The van der Waals surface area contributed by atoms with Crippen molar-refractivity contribution in [2.45, 2.75) is 12.6 Å². The van der Waals surface area contributed by atoms with Crippen LogP contribution in [0.25, 0.3) is 11.0 Å². The zero-order valence-corrected chi connectivity index (χ0v) is 9.40. The van der Waals surface area contributed by atoms with Crippen molar-refractivity contribution in [3.05, 3.63) is 35.7 Å². The molecule has 2 aromatic rings. The summed E-state index contributed by atoms with van der Waals surface area (Å²) < 4.78 is 38.5. The number of aromatic nitrogens is 2. The van der Waals surface area contributed by atoms with Crippen molar-refractivity contribution in [2.75, 3.05) is 0 Å². The number of ketones is 1. The highest BCUT2D eigenvalue weighted by atomic mass is 19.4. The maximum atomic E-state index is 12.8. The Balaban J connectivity index is 2.72. The number of hydrogen-bond donors (Lipinski definition) is 0. The summed E-state index contributed by atoms with van der Waals surface area (Å²) in [5.74, 6) is -0.993. The van der Waals surface area contributed by atoms with Gasteiger partial charge >= 0.3 is 6.18 Å². The number of carbonyl (C=O) groups excluding carboxylic acids is 1. The van der Waals surface area contributed by atoms with Gasteiger partial charge in [0.1, 0.15) is 12.1 Å². The summed E-state index contributed by atoms with van der Waals surface area (Å²) in [5.41, 5.74) is -1.95. The van der Waals surface area contributed by atoms with Crippen LogP contribution in [0.5, 0.6) is 0 Å². The van der Waals surface area contributed by atoms with Gasteiger partial charge in [0.2, 0.25) is 0 Å². The summed E-state index contributed by atoms with van der Waals surface area (Å²) in [6, 6.07) is 7.42. The van der Waals surface area contributed by atoms with Crippen LogP contribution in [0, 0.1) is 11.3 Å². The molecule has 0 aliphatic heterocycles. The van der Waals surface area contributed by atoms with Gasteiger partial charge in [0.25, 0.3) is 0 Å². The minimum Gasteiger partial charge on any atom is -0.291 e. The largest absolute Gasteiger partial charge is 0.435 e. The first kappa shape index (κ1) is 13.0. The third-order valence-electron chi connectivity index (χ3n) is 2.34. The van der Waals surface area contributed by atoms with Crippen molar-refractivity contribution in [3.63, 3.8) is 0 Å². The number of carbonyl (C=O) groups is 1. The molecule has 0 bridgehead atoms. The van der Waals surface area contributed by atoms with Crippen molar-refractivity contribution in [2.24, 2.45) is 0 Å². The van der Waals surface area contributed by atoms with Crippen molar-refractivity contribution >= 4 is 16.8 Å². The normalized spacial score (nSPS) is 11.3. The highest BCUT2D eigenvalue weighted by Crippen LogP contribution is 2.31. The number of nitrogens with zero attached hydrogens (tertiary/aromatic N) is 3. The van der Waals surface area contributed by atoms with E-state index in [0.29, 0.717) is 0 Å². The van der Waals surface area contributed by atoms with Crippen LogP contribution in [0.3, 0.4) is 0 Å². The molecule has 4 nitrogen and oxygen atoms in total. The monoisotopic (exact) mass is 265 g/mol. The van der Waals surface area contributed by atoms with Gasteiger partial charge in [-0.15, -0.1) is 0 Å². The molecule has 2 rings (SSSR count). The Morgan fingerprint density at radius 2 is 1.79 bits per heavy atom. The molecule has 0 amide bonds. The molecular formula is C12H6F3N3O. The molecule has 0 atom stereocenters. The first-order valence-corrected chi connectivity index (χ1v) is 5.17. The number of fused-ring (bicyclic) bond motifs is 1. The third-order valence-corrected chi connectivity index (χ3v) is 2.34. The van der Waals surface area contributed by atoms with Gasteiger partial charge in [0.15, 0.2) is 11.5 Å². The van der Waals surface area contributed by atoms with Gasteiger partial charge in [0.05, 0.1) is 17.1 Å². The van der Waals surface area contributed by atoms with E-state index in [1.807, 2.05) is 0 Å². The maximum Gasteiger partial charge on any atom is 0.435 e. The Labute approximate surface area is 105 Å². The van der Waals surface area contributed by atoms with E-state index in [1.165, 1.54) is 24.3 Å². The number of rotatable bonds is 2. The van der Waals surface area contributed by atoms with E-state index < -0.39 is 29.8 Å². The van der Waals surface area contributed by atoms with Gasteiger partial charge < -0.3 is 0 Å². The zero-order valence-electron chi connectivity index (χ0n) is 9.40. The van der Waals surface area contributed by atoms with Gasteiger partial charge in [-0.05, 0) is 12.1 Å². The molecule has 0 spiro atoms. The number of benzene rings is 1. The summed E-state index contributed by atoms with van der Waals surface area (Å²) in [7, 11) is 0. The van der Waals surface area contributed by atoms with Crippen molar-refractivity contribution in [1.29, 1.82) is 5.26 Å². The van der Waals surface area contributed by atoms with Gasteiger partial charge in [-0.1, -0.05) is 12.1 Å². The van der Waals surface area contributed by atoms with Gasteiger partial charge in [-0.25, -0.2) is 9.97 Å². The molecule has 0 N–H and O–H groups in total. The lowest BCUT2D eigenvalue weighted by atomic mass is 10.1. The Kier molecular flexibility index (Phi) is 3.17. The summed E-state index contributed by atoms with van der Waals surface area (Å²) in [6.45, 7) is 0. The molecule has 0 fully saturated rings. The molecule has 0 radical (unpaired) electrons. The average molecular weight is 265 g/mol. The summed E-state index contributed by atoms with van der Waals surface area (Å²) in [5, 5.41) is 8.40. The Bertz CT molecular complexity index is 689. The van der Waals surface area contributed by atoms with E-state index in [0.717, 1.165) is 0 Å². The second-order valence-electron chi connectivity index (χ2n) is 3.67. The maximum absolute atomic E-state index is 12.8. The van der Waals surface area contributed by atoms with Crippen LogP contribution in [-0.2, 0) is 6.18 Å². The lowest BCUT2D eigenvalue weighted by molar-refractivity contribution is -0.141. The topological polar surface area (TPSA) is 66.6 Å². The quantitative estimate of drug-likeness (QED) is 0.783. The second-order valence-corrected chi connectivity index (χ2v) is 3.67. The van der Waals surface area contributed by atoms with E-state index in [9.17, 15) is 18.0 Å². The molecule has 0 saturated heterocycles. The van der Waals surface area contributed by atoms with Crippen LogP contribution >= 0.6 is 0 Å². The van der Waals surface area contributed by atoms with E-state index in [-0.39, 0.29) is 11.0 Å². The smallest absolute Gasteiger partial charge is 0.291 e. The van der Waals surface area contributed by atoms with Crippen LogP contribution in [0.4, 0.5) is 13.2 Å². The number of alkyl halides is 3. The molecule has 96 valence electrons. The molecule has 1 heterocycles. The number of Topliss-reactive ketones (excluding diaryl/α,β-unsaturated/α-hetero) is 1. The lowest BCUT2D eigenvalue weighted by Crippen LogP contribution is -2.17. The molecule has 0 saturated carbocycles.